The van der Waals surface area contributed by atoms with Gasteiger partial charge in [-0.25, -0.2) is 9.37 Å². The van der Waals surface area contributed by atoms with E-state index in [9.17, 15) is 4.39 Å². The Morgan fingerprint density at radius 2 is 1.87 bits per heavy atom. The van der Waals surface area contributed by atoms with Crippen molar-refractivity contribution < 1.29 is 4.39 Å². The lowest BCUT2D eigenvalue weighted by molar-refractivity contribution is 0.471. The Hall–Kier alpha value is -1.06. The summed E-state index contributed by atoms with van der Waals surface area (Å²) in [7, 11) is 0. The molecule has 2 rings (SSSR count). The van der Waals surface area contributed by atoms with Gasteiger partial charge in [0, 0.05) is 10.7 Å². The zero-order chi connectivity index (χ0) is 10.8. The molecule has 0 unspecified atom stereocenters. The Balaban J connectivity index is 2.49. The molecule has 1 aromatic carbocycles. The van der Waals surface area contributed by atoms with Gasteiger partial charge in [0.1, 0.15) is 13.0 Å². The molecule has 0 amide bonds. The van der Waals surface area contributed by atoms with Crippen molar-refractivity contribution in [3.05, 3.63) is 46.5 Å². The summed E-state index contributed by atoms with van der Waals surface area (Å²) < 4.78 is 14.3. The van der Waals surface area contributed by atoms with Crippen LogP contribution in [0.1, 0.15) is 5.69 Å². The fourth-order valence-corrected chi connectivity index (χ4v) is 1.61. The molecule has 15 heavy (non-hydrogen) atoms. The minimum Gasteiger partial charge on any atom is -0.299 e. The van der Waals surface area contributed by atoms with Crippen molar-refractivity contribution in [2.45, 2.75) is 6.67 Å². The summed E-state index contributed by atoms with van der Waals surface area (Å²) in [6, 6.07) is 7.01. The van der Waals surface area contributed by atoms with Crippen LogP contribution in [0.2, 0.25) is 10.2 Å². The fraction of sp³-hybridized carbons (Fsp3) is 0.100. The number of aromatic nitrogens is 2. The highest BCUT2D eigenvalue weighted by Crippen LogP contribution is 2.20. The molecular weight excluding hydrogens is 238 g/mol. The number of hydrogen-bond acceptors (Lipinski definition) is 1. The molecule has 0 aliphatic heterocycles. The number of benzene rings is 1. The lowest BCUT2D eigenvalue weighted by Gasteiger charge is -2.05. The lowest BCUT2D eigenvalue weighted by atomic mass is 10.3. The molecule has 0 bridgehead atoms. The standard InChI is InChI=1S/C10H7Cl2FN2/c11-7-1-3-8(4-2-7)15-6-14-10(12)9(15)5-13/h1-4,6H,5H2. The summed E-state index contributed by atoms with van der Waals surface area (Å²) in [5.74, 6) is 0. The number of halogens is 3. The van der Waals surface area contributed by atoms with E-state index in [1.807, 2.05) is 0 Å². The molecule has 1 heterocycles. The third kappa shape index (κ3) is 1.98. The van der Waals surface area contributed by atoms with Gasteiger partial charge >= 0.3 is 0 Å². The molecule has 0 atom stereocenters. The van der Waals surface area contributed by atoms with Crippen LogP contribution in [0.25, 0.3) is 5.69 Å². The monoisotopic (exact) mass is 244 g/mol. The van der Waals surface area contributed by atoms with Gasteiger partial charge in [-0.05, 0) is 24.3 Å². The van der Waals surface area contributed by atoms with E-state index in [2.05, 4.69) is 4.98 Å². The van der Waals surface area contributed by atoms with Crippen LogP contribution in [-0.4, -0.2) is 9.55 Å². The zero-order valence-corrected chi connectivity index (χ0v) is 9.13. The predicted octanol–water partition coefficient (Wildman–Crippen LogP) is 3.65. The molecule has 78 valence electrons. The van der Waals surface area contributed by atoms with E-state index in [1.165, 1.54) is 6.33 Å². The highest BCUT2D eigenvalue weighted by molar-refractivity contribution is 6.30. The third-order valence-electron chi connectivity index (χ3n) is 2.05. The van der Waals surface area contributed by atoms with Crippen LogP contribution < -0.4 is 0 Å². The van der Waals surface area contributed by atoms with Crippen LogP contribution in [0.4, 0.5) is 4.39 Å². The molecule has 1 aromatic heterocycles. The highest BCUT2D eigenvalue weighted by atomic mass is 35.5. The van der Waals surface area contributed by atoms with Gasteiger partial charge in [-0.1, -0.05) is 23.2 Å². The van der Waals surface area contributed by atoms with Gasteiger partial charge in [0.25, 0.3) is 0 Å². The first-order chi connectivity index (χ1) is 7.22. The average molecular weight is 245 g/mol. The summed E-state index contributed by atoms with van der Waals surface area (Å²) in [6.45, 7) is -0.651. The first-order valence-corrected chi connectivity index (χ1v) is 5.01. The van der Waals surface area contributed by atoms with E-state index < -0.39 is 6.67 Å². The summed E-state index contributed by atoms with van der Waals surface area (Å²) >= 11 is 11.5. The largest absolute Gasteiger partial charge is 0.299 e. The molecule has 0 aliphatic rings. The number of alkyl halides is 1. The minimum absolute atomic E-state index is 0.187. The third-order valence-corrected chi connectivity index (χ3v) is 2.61. The van der Waals surface area contributed by atoms with Crippen LogP contribution >= 0.6 is 23.2 Å². The number of rotatable bonds is 2. The van der Waals surface area contributed by atoms with E-state index >= 15 is 0 Å². The Bertz CT molecular complexity index is 465. The maximum Gasteiger partial charge on any atom is 0.153 e. The van der Waals surface area contributed by atoms with Crippen molar-refractivity contribution in [2.75, 3.05) is 0 Å². The molecular formula is C10H7Cl2FN2. The Kier molecular flexibility index (Phi) is 2.93. The van der Waals surface area contributed by atoms with E-state index in [4.69, 9.17) is 23.2 Å². The molecule has 0 N–H and O–H groups in total. The molecule has 0 aliphatic carbocycles. The molecule has 2 aromatic rings. The maximum absolute atomic E-state index is 12.7. The quantitative estimate of drug-likeness (QED) is 0.789. The second kappa shape index (κ2) is 4.21. The van der Waals surface area contributed by atoms with E-state index in [-0.39, 0.29) is 5.15 Å². The lowest BCUT2D eigenvalue weighted by Crippen LogP contribution is -1.96. The first-order valence-electron chi connectivity index (χ1n) is 4.26. The summed E-state index contributed by atoms with van der Waals surface area (Å²) in [5.41, 5.74) is 1.13. The van der Waals surface area contributed by atoms with Gasteiger partial charge in [0.05, 0.1) is 5.69 Å². The average Bonchev–Trinajstić information content (AvgIpc) is 2.61. The molecule has 0 spiro atoms. The Labute approximate surface area is 96.3 Å². The van der Waals surface area contributed by atoms with Crippen LogP contribution in [0.15, 0.2) is 30.6 Å². The van der Waals surface area contributed by atoms with Gasteiger partial charge in [-0.3, -0.25) is 4.57 Å². The van der Waals surface area contributed by atoms with Crippen LogP contribution in [0.5, 0.6) is 0 Å². The number of imidazole rings is 1. The highest BCUT2D eigenvalue weighted by Gasteiger charge is 2.09. The maximum atomic E-state index is 12.7. The van der Waals surface area contributed by atoms with E-state index in [1.54, 1.807) is 28.8 Å². The predicted molar refractivity (Wildman–Crippen MR) is 58.4 cm³/mol. The van der Waals surface area contributed by atoms with Crippen molar-refractivity contribution in [3.63, 3.8) is 0 Å². The normalized spacial score (nSPS) is 10.6. The van der Waals surface area contributed by atoms with Crippen molar-refractivity contribution in [2.24, 2.45) is 0 Å². The van der Waals surface area contributed by atoms with Crippen LogP contribution in [0, 0.1) is 0 Å². The molecule has 5 heteroatoms. The van der Waals surface area contributed by atoms with Crippen molar-refractivity contribution in [1.29, 1.82) is 0 Å². The van der Waals surface area contributed by atoms with Gasteiger partial charge < -0.3 is 0 Å². The zero-order valence-electron chi connectivity index (χ0n) is 7.62. The molecule has 0 radical (unpaired) electrons. The molecule has 0 saturated carbocycles. The molecule has 2 nitrogen and oxygen atoms in total. The van der Waals surface area contributed by atoms with E-state index in [0.29, 0.717) is 10.7 Å². The smallest absolute Gasteiger partial charge is 0.153 e. The van der Waals surface area contributed by atoms with Crippen molar-refractivity contribution in [1.82, 2.24) is 9.55 Å². The SMILES string of the molecule is FCc1c(Cl)ncn1-c1ccc(Cl)cc1. The summed E-state index contributed by atoms with van der Waals surface area (Å²) in [5, 5.41) is 0.819. The van der Waals surface area contributed by atoms with Crippen LogP contribution in [-0.2, 0) is 6.67 Å². The minimum atomic E-state index is -0.651. The van der Waals surface area contributed by atoms with Gasteiger partial charge in [0.2, 0.25) is 0 Å². The van der Waals surface area contributed by atoms with E-state index in [0.717, 1.165) is 5.69 Å². The topological polar surface area (TPSA) is 17.8 Å². The molecule has 0 saturated heterocycles. The van der Waals surface area contributed by atoms with Crippen LogP contribution in [0.3, 0.4) is 0 Å². The van der Waals surface area contributed by atoms with Crippen molar-refractivity contribution >= 4 is 23.2 Å². The fourth-order valence-electron chi connectivity index (χ4n) is 1.30. The Morgan fingerprint density at radius 3 is 2.47 bits per heavy atom. The number of nitrogens with zero attached hydrogens (tertiary/aromatic N) is 2. The summed E-state index contributed by atoms with van der Waals surface area (Å²) in [6.07, 6.45) is 1.49. The van der Waals surface area contributed by atoms with Crippen molar-refractivity contribution in [3.8, 4) is 5.69 Å². The second-order valence-electron chi connectivity index (χ2n) is 2.96. The van der Waals surface area contributed by atoms with Gasteiger partial charge in [-0.15, -0.1) is 0 Å². The summed E-state index contributed by atoms with van der Waals surface area (Å²) in [4.78, 5) is 3.84. The number of hydrogen-bond donors (Lipinski definition) is 0. The Morgan fingerprint density at radius 1 is 1.20 bits per heavy atom. The molecule has 0 fully saturated rings. The van der Waals surface area contributed by atoms with Gasteiger partial charge in [-0.2, -0.15) is 0 Å². The first kappa shape index (κ1) is 10.5. The van der Waals surface area contributed by atoms with Gasteiger partial charge in [0.15, 0.2) is 5.15 Å². The second-order valence-corrected chi connectivity index (χ2v) is 3.76.